The first-order chi connectivity index (χ1) is 9.05. The van der Waals surface area contributed by atoms with Gasteiger partial charge in [0.1, 0.15) is 4.90 Å². The van der Waals surface area contributed by atoms with Crippen LogP contribution in [0.4, 0.5) is 0 Å². The second-order valence-electron chi connectivity index (χ2n) is 5.09. The maximum Gasteiger partial charge on any atom is 0.244 e. The average molecular weight is 283 g/mol. The Labute approximate surface area is 114 Å². The molecule has 0 aliphatic heterocycles. The van der Waals surface area contributed by atoms with E-state index in [9.17, 15) is 8.42 Å². The van der Waals surface area contributed by atoms with Gasteiger partial charge in [-0.05, 0) is 30.9 Å². The Morgan fingerprint density at radius 1 is 1.42 bits per heavy atom. The molecule has 19 heavy (non-hydrogen) atoms. The molecule has 2 rings (SSSR count). The van der Waals surface area contributed by atoms with Gasteiger partial charge in [0, 0.05) is 26.3 Å². The summed E-state index contributed by atoms with van der Waals surface area (Å²) in [4.78, 5) is 4.28. The Bertz CT molecular complexity index is 524. The van der Waals surface area contributed by atoms with E-state index in [0.29, 0.717) is 18.2 Å². The van der Waals surface area contributed by atoms with E-state index in [2.05, 4.69) is 4.98 Å². The van der Waals surface area contributed by atoms with Crippen LogP contribution in [0.5, 0.6) is 0 Å². The number of rotatable bonds is 5. The fourth-order valence-electron chi connectivity index (χ4n) is 2.63. The smallest absolute Gasteiger partial charge is 0.244 e. The van der Waals surface area contributed by atoms with Gasteiger partial charge in [-0.15, -0.1) is 0 Å². The van der Waals surface area contributed by atoms with Crippen molar-refractivity contribution in [1.82, 2.24) is 9.29 Å². The van der Waals surface area contributed by atoms with Crippen molar-refractivity contribution < 1.29 is 8.42 Å². The third kappa shape index (κ3) is 3.13. The molecule has 6 heteroatoms. The molecular weight excluding hydrogens is 262 g/mol. The summed E-state index contributed by atoms with van der Waals surface area (Å²) in [5.74, 6) is 0.484. The van der Waals surface area contributed by atoms with E-state index >= 15 is 0 Å². The van der Waals surface area contributed by atoms with Crippen LogP contribution in [-0.2, 0) is 16.6 Å². The van der Waals surface area contributed by atoms with Crippen molar-refractivity contribution in [2.24, 2.45) is 11.7 Å². The van der Waals surface area contributed by atoms with Crippen LogP contribution in [0.3, 0.4) is 0 Å². The SMILES string of the molecule is CN(CC1CCCC1)S(=O)(=O)c1cccnc1CN. The number of pyridine rings is 1. The number of hydrogen-bond acceptors (Lipinski definition) is 4. The monoisotopic (exact) mass is 283 g/mol. The molecule has 0 aromatic carbocycles. The largest absolute Gasteiger partial charge is 0.325 e. The summed E-state index contributed by atoms with van der Waals surface area (Å²) in [7, 11) is -1.84. The lowest BCUT2D eigenvalue weighted by atomic mass is 10.1. The predicted octanol–water partition coefficient (Wildman–Crippen LogP) is 1.35. The highest BCUT2D eigenvalue weighted by atomic mass is 32.2. The van der Waals surface area contributed by atoms with Gasteiger partial charge in [-0.25, -0.2) is 12.7 Å². The normalized spacial score (nSPS) is 17.2. The van der Waals surface area contributed by atoms with Crippen molar-refractivity contribution in [2.75, 3.05) is 13.6 Å². The first-order valence-electron chi connectivity index (χ1n) is 6.66. The molecule has 0 spiro atoms. The lowest BCUT2D eigenvalue weighted by Crippen LogP contribution is -2.32. The van der Waals surface area contributed by atoms with E-state index in [0.717, 1.165) is 12.8 Å². The number of sulfonamides is 1. The minimum absolute atomic E-state index is 0.132. The molecule has 5 nitrogen and oxygen atoms in total. The van der Waals surface area contributed by atoms with Gasteiger partial charge in [0.2, 0.25) is 10.0 Å². The van der Waals surface area contributed by atoms with Gasteiger partial charge in [0.15, 0.2) is 0 Å². The van der Waals surface area contributed by atoms with Crippen LogP contribution in [0.2, 0.25) is 0 Å². The third-order valence-corrected chi connectivity index (χ3v) is 5.62. The van der Waals surface area contributed by atoms with Crippen molar-refractivity contribution in [3.8, 4) is 0 Å². The molecule has 0 atom stereocenters. The van der Waals surface area contributed by atoms with E-state index in [1.54, 1.807) is 25.4 Å². The summed E-state index contributed by atoms with van der Waals surface area (Å²) >= 11 is 0. The second-order valence-corrected chi connectivity index (χ2v) is 7.10. The Morgan fingerprint density at radius 2 is 2.11 bits per heavy atom. The van der Waals surface area contributed by atoms with Gasteiger partial charge in [-0.1, -0.05) is 12.8 Å². The molecule has 1 aliphatic rings. The Morgan fingerprint density at radius 3 is 2.74 bits per heavy atom. The molecule has 2 N–H and O–H groups in total. The first kappa shape index (κ1) is 14.4. The van der Waals surface area contributed by atoms with Gasteiger partial charge in [0.25, 0.3) is 0 Å². The van der Waals surface area contributed by atoms with Crippen molar-refractivity contribution in [1.29, 1.82) is 0 Å². The van der Waals surface area contributed by atoms with Crippen LogP contribution in [0, 0.1) is 5.92 Å². The lowest BCUT2D eigenvalue weighted by Gasteiger charge is -2.21. The Balaban J connectivity index is 2.20. The minimum Gasteiger partial charge on any atom is -0.325 e. The zero-order valence-electron chi connectivity index (χ0n) is 11.2. The molecule has 1 aliphatic carbocycles. The number of hydrogen-bond donors (Lipinski definition) is 1. The zero-order chi connectivity index (χ0) is 13.9. The summed E-state index contributed by atoms with van der Waals surface area (Å²) in [6.45, 7) is 0.716. The molecule has 0 unspecified atom stereocenters. The van der Waals surface area contributed by atoms with Gasteiger partial charge < -0.3 is 5.73 Å². The average Bonchev–Trinajstić information content (AvgIpc) is 2.91. The van der Waals surface area contributed by atoms with Crippen LogP contribution in [-0.4, -0.2) is 31.3 Å². The van der Waals surface area contributed by atoms with Crippen LogP contribution >= 0.6 is 0 Å². The van der Waals surface area contributed by atoms with Gasteiger partial charge in [-0.2, -0.15) is 0 Å². The molecule has 0 bridgehead atoms. The lowest BCUT2D eigenvalue weighted by molar-refractivity contribution is 0.387. The van der Waals surface area contributed by atoms with Crippen molar-refractivity contribution >= 4 is 10.0 Å². The van der Waals surface area contributed by atoms with E-state index in [4.69, 9.17) is 5.73 Å². The standard InChI is InChI=1S/C13H21N3O2S/c1-16(10-11-5-2-3-6-11)19(17,18)13-7-4-8-15-12(13)9-14/h4,7-8,11H,2-3,5-6,9-10,14H2,1H3. The highest BCUT2D eigenvalue weighted by Gasteiger charge is 2.27. The maximum absolute atomic E-state index is 12.5. The van der Waals surface area contributed by atoms with Crippen LogP contribution < -0.4 is 5.73 Å². The number of nitrogens with zero attached hydrogens (tertiary/aromatic N) is 2. The van der Waals surface area contributed by atoms with Crippen LogP contribution in [0.1, 0.15) is 31.4 Å². The molecule has 1 saturated carbocycles. The van der Waals surface area contributed by atoms with Crippen LogP contribution in [0.15, 0.2) is 23.2 Å². The topological polar surface area (TPSA) is 76.3 Å². The van der Waals surface area contributed by atoms with Gasteiger partial charge >= 0.3 is 0 Å². The Hall–Kier alpha value is -0.980. The summed E-state index contributed by atoms with van der Waals surface area (Å²) in [6.07, 6.45) is 6.23. The van der Waals surface area contributed by atoms with Crippen LogP contribution in [0.25, 0.3) is 0 Å². The quantitative estimate of drug-likeness (QED) is 0.885. The van der Waals surface area contributed by atoms with Crippen molar-refractivity contribution in [2.45, 2.75) is 37.1 Å². The molecule has 0 saturated heterocycles. The second kappa shape index (κ2) is 5.98. The molecular formula is C13H21N3O2S. The number of nitrogens with two attached hydrogens (primary N) is 1. The van der Waals surface area contributed by atoms with Crippen molar-refractivity contribution in [3.63, 3.8) is 0 Å². The Kier molecular flexibility index (Phi) is 4.54. The van der Waals surface area contributed by atoms with E-state index < -0.39 is 10.0 Å². The summed E-state index contributed by atoms with van der Waals surface area (Å²) in [6, 6.07) is 3.21. The van der Waals surface area contributed by atoms with E-state index in [-0.39, 0.29) is 11.4 Å². The molecule has 1 fully saturated rings. The highest BCUT2D eigenvalue weighted by Crippen LogP contribution is 2.27. The molecule has 1 heterocycles. The zero-order valence-corrected chi connectivity index (χ0v) is 12.1. The fourth-order valence-corrected chi connectivity index (χ4v) is 4.06. The van der Waals surface area contributed by atoms with Crippen molar-refractivity contribution in [3.05, 3.63) is 24.0 Å². The fraction of sp³-hybridized carbons (Fsp3) is 0.615. The third-order valence-electron chi connectivity index (χ3n) is 3.72. The minimum atomic E-state index is -3.48. The van der Waals surface area contributed by atoms with E-state index in [1.807, 2.05) is 0 Å². The summed E-state index contributed by atoms with van der Waals surface area (Å²) < 4.78 is 26.5. The highest BCUT2D eigenvalue weighted by molar-refractivity contribution is 7.89. The number of aromatic nitrogens is 1. The predicted molar refractivity (Wildman–Crippen MR) is 73.9 cm³/mol. The van der Waals surface area contributed by atoms with Gasteiger partial charge in [-0.3, -0.25) is 4.98 Å². The summed E-state index contributed by atoms with van der Waals surface area (Å²) in [5, 5.41) is 0. The summed E-state index contributed by atoms with van der Waals surface area (Å²) in [5.41, 5.74) is 6.00. The van der Waals surface area contributed by atoms with Gasteiger partial charge in [0.05, 0.1) is 5.69 Å². The molecule has 0 radical (unpaired) electrons. The molecule has 1 aromatic rings. The maximum atomic E-state index is 12.5. The van der Waals surface area contributed by atoms with E-state index in [1.165, 1.54) is 17.1 Å². The molecule has 1 aromatic heterocycles. The molecule has 0 amide bonds. The first-order valence-corrected chi connectivity index (χ1v) is 8.10. The molecule has 106 valence electrons.